The first kappa shape index (κ1) is 29.4. The summed E-state index contributed by atoms with van der Waals surface area (Å²) in [5.74, 6) is -0.993. The molecule has 5 aromatic rings. The van der Waals surface area contributed by atoms with Crippen molar-refractivity contribution in [2.45, 2.75) is 36.6 Å². The molecule has 0 aliphatic carbocycles. The smallest absolute Gasteiger partial charge is 0.338 e. The van der Waals surface area contributed by atoms with Crippen LogP contribution in [0.3, 0.4) is 0 Å². The van der Waals surface area contributed by atoms with Crippen LogP contribution in [0.4, 0.5) is 5.69 Å². The molecule has 2 aromatic heterocycles. The third kappa shape index (κ3) is 6.76. The Morgan fingerprint density at radius 3 is 2.52 bits per heavy atom. The molecule has 0 radical (unpaired) electrons. The molecule has 1 saturated heterocycles. The van der Waals surface area contributed by atoms with Crippen molar-refractivity contribution in [3.63, 3.8) is 0 Å². The van der Waals surface area contributed by atoms with E-state index in [-0.39, 0.29) is 30.1 Å². The second-order valence-corrected chi connectivity index (χ2v) is 11.2. The zero-order chi connectivity index (χ0) is 30.5. The van der Waals surface area contributed by atoms with Crippen molar-refractivity contribution in [1.29, 1.82) is 0 Å². The second kappa shape index (κ2) is 13.3. The third-order valence-electron chi connectivity index (χ3n) is 7.12. The Bertz CT molecular complexity index is 1800. The number of carbonyl (C=O) groups is 2. The number of nitrogens with one attached hydrogen (secondary N) is 1. The number of carboxylic acids is 1. The molecular weight excluding hydrogens is 580 g/mol. The summed E-state index contributed by atoms with van der Waals surface area (Å²) in [5, 5.41) is 22.4. The summed E-state index contributed by atoms with van der Waals surface area (Å²) < 4.78 is 12.8. The predicted octanol–water partition coefficient (Wildman–Crippen LogP) is 5.81. The number of thioether (sulfide) groups is 1. The molecule has 3 N–H and O–H groups in total. The highest BCUT2D eigenvalue weighted by Crippen LogP contribution is 2.40. The third-order valence-corrected chi connectivity index (χ3v) is 8.26. The summed E-state index contributed by atoms with van der Waals surface area (Å²) in [6, 6.07) is 25.2. The van der Waals surface area contributed by atoms with E-state index in [0.717, 1.165) is 11.1 Å². The summed E-state index contributed by atoms with van der Waals surface area (Å²) >= 11 is 1.32. The van der Waals surface area contributed by atoms with E-state index >= 15 is 0 Å². The Hall–Kier alpha value is -4.68. The van der Waals surface area contributed by atoms with Crippen LogP contribution in [0.1, 0.15) is 56.4 Å². The number of carboxylic acid groups (broad SMARTS) is 1. The fourth-order valence-corrected chi connectivity index (χ4v) is 5.89. The van der Waals surface area contributed by atoms with Crippen LogP contribution in [0.15, 0.2) is 102 Å². The van der Waals surface area contributed by atoms with Gasteiger partial charge in [-0.05, 0) is 47.5 Å². The molecule has 222 valence electrons. The number of aliphatic hydroxyl groups is 1. The molecule has 1 amide bonds. The number of aromatic carboxylic acids is 1. The van der Waals surface area contributed by atoms with Crippen molar-refractivity contribution in [2.75, 3.05) is 11.1 Å². The van der Waals surface area contributed by atoms with E-state index in [9.17, 15) is 19.8 Å². The van der Waals surface area contributed by atoms with E-state index < -0.39 is 18.2 Å². The molecule has 0 unspecified atom stereocenters. The minimum Gasteiger partial charge on any atom is -0.478 e. The normalized spacial score (nSPS) is 18.2. The number of pyridine rings is 1. The molecule has 1 fully saturated rings. The molecule has 3 heterocycles. The monoisotopic (exact) mass is 608 g/mol. The Balaban J connectivity index is 1.22. The zero-order valence-electron chi connectivity index (χ0n) is 23.4. The topological polar surface area (TPSA) is 144 Å². The van der Waals surface area contributed by atoms with Crippen molar-refractivity contribution >= 4 is 40.4 Å². The number of anilines is 1. The van der Waals surface area contributed by atoms with Crippen molar-refractivity contribution in [2.24, 2.45) is 0 Å². The molecular formula is C33H28N4O6S. The summed E-state index contributed by atoms with van der Waals surface area (Å²) in [5.41, 5.74) is 4.61. The molecule has 3 atom stereocenters. The van der Waals surface area contributed by atoms with Gasteiger partial charge in [-0.2, -0.15) is 0 Å². The van der Waals surface area contributed by atoms with E-state index in [2.05, 4.69) is 20.3 Å². The van der Waals surface area contributed by atoms with E-state index in [1.807, 2.05) is 48.5 Å². The van der Waals surface area contributed by atoms with Gasteiger partial charge in [-0.15, -0.1) is 11.8 Å². The number of hydrogen-bond donors (Lipinski definition) is 3. The van der Waals surface area contributed by atoms with Crippen LogP contribution in [-0.2, 0) is 16.1 Å². The molecule has 1 aliphatic rings. The summed E-state index contributed by atoms with van der Waals surface area (Å²) in [7, 11) is 0. The van der Waals surface area contributed by atoms with Crippen LogP contribution in [0.5, 0.6) is 0 Å². The number of ether oxygens (including phenoxy) is 2. The number of aromatic nitrogens is 3. The zero-order valence-corrected chi connectivity index (χ0v) is 24.2. The Labute approximate surface area is 257 Å². The van der Waals surface area contributed by atoms with Crippen LogP contribution < -0.4 is 5.32 Å². The number of nitrogens with zero attached hydrogens (tertiary/aromatic N) is 3. The lowest BCUT2D eigenvalue weighted by molar-refractivity contribution is -0.245. The highest BCUT2D eigenvalue weighted by molar-refractivity contribution is 7.99. The first-order chi connectivity index (χ1) is 21.5. The Morgan fingerprint density at radius 1 is 0.909 bits per heavy atom. The largest absolute Gasteiger partial charge is 0.478 e. The summed E-state index contributed by atoms with van der Waals surface area (Å²) in [6.45, 7) is -0.0594. The highest BCUT2D eigenvalue weighted by Gasteiger charge is 2.33. The molecule has 0 spiro atoms. The molecule has 0 saturated carbocycles. The number of hydrogen-bond acceptors (Lipinski definition) is 9. The van der Waals surface area contributed by atoms with E-state index in [0.29, 0.717) is 39.5 Å². The number of rotatable bonds is 9. The SMILES string of the molecule is O=C(Nc1cccc([C@H]2O[C@@H](CSc3ncccc3C(=O)O)C[C@@H](c3ccc(CO)cc3)O2)c1)c1cnc2ccccc2n1. The molecule has 44 heavy (non-hydrogen) atoms. The molecule has 0 bridgehead atoms. The van der Waals surface area contributed by atoms with Gasteiger partial charge in [-0.25, -0.2) is 14.8 Å². The fraction of sp³-hybridized carbons (Fsp3) is 0.182. The first-order valence-electron chi connectivity index (χ1n) is 13.9. The number of carbonyl (C=O) groups excluding carboxylic acids is 1. The van der Waals surface area contributed by atoms with Crippen molar-refractivity contribution < 1.29 is 29.3 Å². The predicted molar refractivity (Wildman–Crippen MR) is 164 cm³/mol. The van der Waals surface area contributed by atoms with Crippen LogP contribution in [0.25, 0.3) is 11.0 Å². The second-order valence-electron chi connectivity index (χ2n) is 10.1. The molecule has 6 rings (SSSR count). The van der Waals surface area contributed by atoms with Gasteiger partial charge in [-0.1, -0.05) is 48.5 Å². The minimum atomic E-state index is -1.04. The van der Waals surface area contributed by atoms with Crippen molar-refractivity contribution in [1.82, 2.24) is 15.0 Å². The van der Waals surface area contributed by atoms with E-state index in [1.165, 1.54) is 24.0 Å². The maximum absolute atomic E-state index is 13.0. The molecule has 1 aliphatic heterocycles. The number of benzene rings is 3. The van der Waals surface area contributed by atoms with E-state index in [4.69, 9.17) is 9.47 Å². The number of para-hydroxylation sites is 2. The van der Waals surface area contributed by atoms with Gasteiger partial charge in [-0.3, -0.25) is 9.78 Å². The maximum Gasteiger partial charge on any atom is 0.338 e. The maximum atomic E-state index is 13.0. The Kier molecular flexibility index (Phi) is 8.89. The van der Waals surface area contributed by atoms with Gasteiger partial charge >= 0.3 is 5.97 Å². The average molecular weight is 609 g/mol. The van der Waals surface area contributed by atoms with Crippen molar-refractivity contribution in [3.05, 3.63) is 125 Å². The Morgan fingerprint density at radius 2 is 1.73 bits per heavy atom. The van der Waals surface area contributed by atoms with Gasteiger partial charge in [0.2, 0.25) is 0 Å². The average Bonchev–Trinajstić information content (AvgIpc) is 3.07. The minimum absolute atomic E-state index is 0.0594. The first-order valence-corrected chi connectivity index (χ1v) is 14.9. The molecule has 11 heteroatoms. The van der Waals surface area contributed by atoms with Crippen LogP contribution in [0.2, 0.25) is 0 Å². The van der Waals surface area contributed by atoms with Gasteiger partial charge in [0.25, 0.3) is 5.91 Å². The number of fused-ring (bicyclic) bond motifs is 1. The van der Waals surface area contributed by atoms with Crippen LogP contribution in [-0.4, -0.2) is 48.9 Å². The summed E-state index contributed by atoms with van der Waals surface area (Å²) in [6.07, 6.45) is 2.13. The van der Waals surface area contributed by atoms with Crippen LogP contribution >= 0.6 is 11.8 Å². The van der Waals surface area contributed by atoms with Gasteiger partial charge in [0.15, 0.2) is 6.29 Å². The molecule has 10 nitrogen and oxygen atoms in total. The lowest BCUT2D eigenvalue weighted by Crippen LogP contribution is -2.31. The number of aliphatic hydroxyl groups excluding tert-OH is 1. The quantitative estimate of drug-likeness (QED) is 0.176. The van der Waals surface area contributed by atoms with Gasteiger partial charge < -0.3 is 25.0 Å². The fourth-order valence-electron chi connectivity index (χ4n) is 4.89. The highest BCUT2D eigenvalue weighted by atomic mass is 32.2. The van der Waals surface area contributed by atoms with E-state index in [1.54, 1.807) is 36.5 Å². The lowest BCUT2D eigenvalue weighted by atomic mass is 10.0. The lowest BCUT2D eigenvalue weighted by Gasteiger charge is -2.36. The molecule has 3 aromatic carbocycles. The van der Waals surface area contributed by atoms with Crippen LogP contribution in [0, 0.1) is 0 Å². The summed E-state index contributed by atoms with van der Waals surface area (Å²) in [4.78, 5) is 37.8. The standard InChI is InChI=1S/C33H28N4O6S/c38-18-20-10-12-21(13-11-20)29-16-24(19-44-31-25(32(40)41)7-4-14-34-31)42-33(43-29)22-5-3-6-23(15-22)36-30(39)28-17-35-26-8-1-2-9-27(26)37-28/h1-15,17,24,29,33,38H,16,18-19H2,(H,36,39)(H,40,41)/t24-,29+,33+/m1/s1. The van der Waals surface area contributed by atoms with Gasteiger partial charge in [0, 0.05) is 29.6 Å². The van der Waals surface area contributed by atoms with Gasteiger partial charge in [0.05, 0.1) is 41.6 Å². The van der Waals surface area contributed by atoms with Crippen molar-refractivity contribution in [3.8, 4) is 0 Å². The van der Waals surface area contributed by atoms with Gasteiger partial charge in [0.1, 0.15) is 10.7 Å². The number of amides is 1.